The average Bonchev–Trinajstić information content (AvgIpc) is 3.53. The van der Waals surface area contributed by atoms with Gasteiger partial charge in [0, 0.05) is 29.5 Å². The molecular formula is C27H30ClN3O6. The van der Waals surface area contributed by atoms with E-state index in [0.717, 1.165) is 0 Å². The maximum atomic E-state index is 13.7. The highest BCUT2D eigenvalue weighted by Crippen LogP contribution is 2.58. The number of anilines is 2. The third-order valence-corrected chi connectivity index (χ3v) is 7.70. The van der Waals surface area contributed by atoms with E-state index < -0.39 is 29.6 Å². The predicted molar refractivity (Wildman–Crippen MR) is 137 cm³/mol. The Bertz CT molecular complexity index is 1170. The van der Waals surface area contributed by atoms with Crippen molar-refractivity contribution < 1.29 is 29.0 Å². The largest absolute Gasteiger partial charge is 0.494 e. The van der Waals surface area contributed by atoms with Crippen molar-refractivity contribution in [2.45, 2.75) is 43.9 Å². The molecule has 3 amide bonds. The van der Waals surface area contributed by atoms with E-state index in [1.165, 1.54) is 4.90 Å². The van der Waals surface area contributed by atoms with E-state index in [1.807, 2.05) is 6.92 Å². The number of amides is 3. The number of ether oxygens (including phenoxy) is 2. The van der Waals surface area contributed by atoms with Crippen LogP contribution in [-0.4, -0.2) is 65.2 Å². The minimum atomic E-state index is -1.10. The molecule has 0 aromatic heterocycles. The van der Waals surface area contributed by atoms with E-state index in [1.54, 1.807) is 48.5 Å². The lowest BCUT2D eigenvalue weighted by atomic mass is 9.70. The van der Waals surface area contributed by atoms with E-state index in [2.05, 4.69) is 10.6 Å². The third-order valence-electron chi connectivity index (χ3n) is 7.45. The van der Waals surface area contributed by atoms with E-state index in [-0.39, 0.29) is 30.9 Å². The molecule has 5 atom stereocenters. The monoisotopic (exact) mass is 527 g/mol. The minimum Gasteiger partial charge on any atom is -0.494 e. The Hall–Kier alpha value is -3.14. The Balaban J connectivity index is 1.40. The summed E-state index contributed by atoms with van der Waals surface area (Å²) in [5, 5.41) is 15.8. The van der Waals surface area contributed by atoms with Crippen LogP contribution in [-0.2, 0) is 19.1 Å². The Morgan fingerprint density at radius 2 is 1.76 bits per heavy atom. The average molecular weight is 528 g/mol. The molecule has 5 rings (SSSR count). The second kappa shape index (κ2) is 10.3. The highest BCUT2D eigenvalue weighted by atomic mass is 35.5. The van der Waals surface area contributed by atoms with Gasteiger partial charge in [-0.15, -0.1) is 0 Å². The molecule has 0 aliphatic carbocycles. The van der Waals surface area contributed by atoms with Gasteiger partial charge in [0.25, 0.3) is 0 Å². The summed E-state index contributed by atoms with van der Waals surface area (Å²) in [6, 6.07) is 12.8. The molecular weight excluding hydrogens is 498 g/mol. The first kappa shape index (κ1) is 25.5. The second-order valence-electron chi connectivity index (χ2n) is 9.61. The molecule has 0 saturated carbocycles. The van der Waals surface area contributed by atoms with Crippen molar-refractivity contribution in [2.75, 3.05) is 30.4 Å². The maximum absolute atomic E-state index is 13.7. The van der Waals surface area contributed by atoms with Gasteiger partial charge in [-0.1, -0.05) is 11.6 Å². The fourth-order valence-electron chi connectivity index (χ4n) is 6.01. The summed E-state index contributed by atoms with van der Waals surface area (Å²) in [5.41, 5.74) is 0.0280. The number of rotatable bonds is 9. The number of likely N-dealkylation sites (tertiary alicyclic amines) is 1. The molecule has 3 fully saturated rings. The number of hydrogen-bond donors (Lipinski definition) is 3. The van der Waals surface area contributed by atoms with Gasteiger partial charge in [0.2, 0.25) is 17.7 Å². The molecule has 196 valence electrons. The van der Waals surface area contributed by atoms with Crippen molar-refractivity contribution in [1.82, 2.24) is 4.90 Å². The van der Waals surface area contributed by atoms with Gasteiger partial charge in [-0.2, -0.15) is 0 Å². The predicted octanol–water partition coefficient (Wildman–Crippen LogP) is 3.07. The zero-order chi connectivity index (χ0) is 26.2. The Morgan fingerprint density at radius 3 is 2.41 bits per heavy atom. The summed E-state index contributed by atoms with van der Waals surface area (Å²) in [6.45, 7) is 2.50. The zero-order valence-corrected chi connectivity index (χ0v) is 21.2. The van der Waals surface area contributed by atoms with Crippen LogP contribution in [0.4, 0.5) is 11.4 Å². The van der Waals surface area contributed by atoms with Gasteiger partial charge in [0.15, 0.2) is 0 Å². The van der Waals surface area contributed by atoms with Crippen LogP contribution in [0.5, 0.6) is 5.75 Å². The van der Waals surface area contributed by atoms with Crippen molar-refractivity contribution in [2.24, 2.45) is 11.8 Å². The molecule has 2 aromatic rings. The van der Waals surface area contributed by atoms with Gasteiger partial charge >= 0.3 is 0 Å². The number of carbonyl (C=O) groups is 3. The molecule has 2 bridgehead atoms. The van der Waals surface area contributed by atoms with Crippen LogP contribution in [0.25, 0.3) is 0 Å². The molecule has 1 spiro atoms. The van der Waals surface area contributed by atoms with Crippen LogP contribution in [0.1, 0.15) is 26.2 Å². The Kier molecular flexibility index (Phi) is 7.11. The van der Waals surface area contributed by atoms with E-state index in [9.17, 15) is 19.5 Å². The summed E-state index contributed by atoms with van der Waals surface area (Å²) in [5.74, 6) is -1.80. The standard InChI is InChI=1S/C27H30ClN3O6/c1-2-36-19-10-8-18(9-11-19)29-24(33)21-20-12-13-27(37-20)22(21)26(35)31(14-3-15-32)23(27)25(34)30-17-6-4-16(28)5-7-17/h4-11,20-23,32H,2-3,12-15H2,1H3,(H,29,33)(H,30,34)/t20-,21+,22+,23?,27?/m1/s1. The molecule has 3 heterocycles. The Labute approximate surface area is 220 Å². The van der Waals surface area contributed by atoms with E-state index in [0.29, 0.717) is 48.0 Å². The molecule has 10 heteroatoms. The van der Waals surface area contributed by atoms with Crippen molar-refractivity contribution in [1.29, 1.82) is 0 Å². The number of halogens is 1. The number of hydrogen-bond acceptors (Lipinski definition) is 6. The fourth-order valence-corrected chi connectivity index (χ4v) is 6.13. The molecule has 3 N–H and O–H groups in total. The van der Waals surface area contributed by atoms with Crippen molar-refractivity contribution >= 4 is 40.7 Å². The van der Waals surface area contributed by atoms with E-state index >= 15 is 0 Å². The number of nitrogens with zero attached hydrogens (tertiary/aromatic N) is 1. The van der Waals surface area contributed by atoms with Gasteiger partial charge in [-0.05, 0) is 74.7 Å². The Morgan fingerprint density at radius 1 is 1.11 bits per heavy atom. The summed E-state index contributed by atoms with van der Waals surface area (Å²) < 4.78 is 11.8. The summed E-state index contributed by atoms with van der Waals surface area (Å²) in [7, 11) is 0. The summed E-state index contributed by atoms with van der Waals surface area (Å²) in [4.78, 5) is 42.3. The smallest absolute Gasteiger partial charge is 0.250 e. The van der Waals surface area contributed by atoms with Gasteiger partial charge in [-0.3, -0.25) is 14.4 Å². The first-order valence-corrected chi connectivity index (χ1v) is 12.9. The second-order valence-corrected chi connectivity index (χ2v) is 10.0. The number of benzene rings is 2. The number of aliphatic hydroxyl groups is 1. The number of nitrogens with one attached hydrogen (secondary N) is 2. The van der Waals surface area contributed by atoms with Crippen LogP contribution in [0, 0.1) is 11.8 Å². The topological polar surface area (TPSA) is 117 Å². The normalized spacial score (nSPS) is 27.8. The molecule has 9 nitrogen and oxygen atoms in total. The van der Waals surface area contributed by atoms with Crippen LogP contribution >= 0.6 is 11.6 Å². The van der Waals surface area contributed by atoms with Crippen LogP contribution in [0.2, 0.25) is 5.02 Å². The first-order valence-electron chi connectivity index (χ1n) is 12.6. The van der Waals surface area contributed by atoms with Crippen LogP contribution in [0.3, 0.4) is 0 Å². The number of carbonyl (C=O) groups excluding carboxylic acids is 3. The van der Waals surface area contributed by atoms with Crippen molar-refractivity contribution in [3.8, 4) is 5.75 Å². The molecule has 0 radical (unpaired) electrons. The number of fused-ring (bicyclic) bond motifs is 1. The van der Waals surface area contributed by atoms with E-state index in [4.69, 9.17) is 21.1 Å². The lowest BCUT2D eigenvalue weighted by Crippen LogP contribution is -2.53. The molecule has 37 heavy (non-hydrogen) atoms. The van der Waals surface area contributed by atoms with Gasteiger partial charge in [-0.25, -0.2) is 0 Å². The molecule has 3 aliphatic heterocycles. The zero-order valence-electron chi connectivity index (χ0n) is 20.5. The van der Waals surface area contributed by atoms with Crippen molar-refractivity contribution in [3.05, 3.63) is 53.6 Å². The van der Waals surface area contributed by atoms with Gasteiger partial charge in [0.05, 0.1) is 24.5 Å². The highest BCUT2D eigenvalue weighted by Gasteiger charge is 2.74. The summed E-state index contributed by atoms with van der Waals surface area (Å²) >= 11 is 5.97. The lowest BCUT2D eigenvalue weighted by molar-refractivity contribution is -0.139. The molecule has 3 aliphatic rings. The minimum absolute atomic E-state index is 0.127. The lowest BCUT2D eigenvalue weighted by Gasteiger charge is -2.33. The van der Waals surface area contributed by atoms with Gasteiger partial charge < -0.3 is 30.1 Å². The van der Waals surface area contributed by atoms with Crippen LogP contribution < -0.4 is 15.4 Å². The molecule has 2 unspecified atom stereocenters. The quantitative estimate of drug-likeness (QED) is 0.461. The molecule has 3 saturated heterocycles. The van der Waals surface area contributed by atoms with Crippen molar-refractivity contribution in [3.63, 3.8) is 0 Å². The summed E-state index contributed by atoms with van der Waals surface area (Å²) in [6.07, 6.45) is 0.924. The third kappa shape index (κ3) is 4.56. The fraction of sp³-hybridized carbons (Fsp3) is 0.444. The van der Waals surface area contributed by atoms with Gasteiger partial charge in [0.1, 0.15) is 17.4 Å². The number of aliphatic hydroxyl groups excluding tert-OH is 1. The first-order chi connectivity index (χ1) is 17.9. The molecule has 2 aromatic carbocycles. The highest BCUT2D eigenvalue weighted by molar-refractivity contribution is 6.30. The SMILES string of the molecule is CCOc1ccc(NC(=O)[C@@H]2[C@H]3C(=O)N(CCCO)C(C(=O)Nc4ccc(Cl)cc4)C34CC[C@H]2O4)cc1. The van der Waals surface area contributed by atoms with Crippen LogP contribution in [0.15, 0.2) is 48.5 Å². The maximum Gasteiger partial charge on any atom is 0.250 e.